The third-order valence-electron chi connectivity index (χ3n) is 8.32. The molecule has 2 saturated heterocycles. The zero-order chi connectivity index (χ0) is 37.6. The third-order valence-corrected chi connectivity index (χ3v) is 10.7. The number of aliphatic imine (C=N–C) groups is 2. The predicted molar refractivity (Wildman–Crippen MR) is 199 cm³/mol. The van der Waals surface area contributed by atoms with Gasteiger partial charge in [-0.2, -0.15) is 0 Å². The number of nitrogens with zero attached hydrogens (tertiary/aromatic N) is 4. The highest BCUT2D eigenvalue weighted by atomic mass is 32.2. The lowest BCUT2D eigenvalue weighted by Crippen LogP contribution is -2.52. The number of rotatable bonds is 8. The van der Waals surface area contributed by atoms with Crippen molar-refractivity contribution in [2.45, 2.75) is 127 Å². The summed E-state index contributed by atoms with van der Waals surface area (Å²) in [4.78, 5) is 36.8. The fourth-order valence-electron chi connectivity index (χ4n) is 5.78. The van der Waals surface area contributed by atoms with E-state index in [4.69, 9.17) is 33.4 Å². The standard InChI is InChI=1S/C18H30N2O4S.C17H28N2O5S/c1-8-10-22-14-11(3)12(9-2)23-15-13(14)19-16(25-15)20(7)17(21)24-18(4,5)6;1-7-8-22-13-10(2)11(9-20)23-14-12(13)18-15(25-14)19(6)16(21)24-17(3,4)5/h8,11-15H,1,9-10H2,2-7H3;7,10-14,20H,1,8-9H2,2-6H3/t11-,12-,13-,14+,15-;10-,11-,12-,13+,14-/m11/s1. The van der Waals surface area contributed by atoms with Gasteiger partial charge in [0.25, 0.3) is 0 Å². The van der Waals surface area contributed by atoms with Gasteiger partial charge in [-0.25, -0.2) is 9.59 Å². The van der Waals surface area contributed by atoms with Crippen molar-refractivity contribution in [2.24, 2.45) is 21.8 Å². The van der Waals surface area contributed by atoms with E-state index in [0.717, 1.165) is 6.42 Å². The van der Waals surface area contributed by atoms with Crippen LogP contribution in [0.4, 0.5) is 9.59 Å². The van der Waals surface area contributed by atoms with E-state index in [1.165, 1.54) is 33.3 Å². The second-order valence-electron chi connectivity index (χ2n) is 14.7. The van der Waals surface area contributed by atoms with Crippen molar-refractivity contribution in [1.29, 1.82) is 0 Å². The minimum Gasteiger partial charge on any atom is -0.443 e. The number of amidine groups is 2. The third kappa shape index (κ3) is 10.9. The summed E-state index contributed by atoms with van der Waals surface area (Å²) in [6, 6.07) is -0.384. The average Bonchev–Trinajstić information content (AvgIpc) is 3.66. The van der Waals surface area contributed by atoms with Gasteiger partial charge in [0, 0.05) is 25.9 Å². The molecule has 284 valence electrons. The number of carbonyl (C=O) groups excluding carboxylic acids is 2. The van der Waals surface area contributed by atoms with Gasteiger partial charge in [0.05, 0.1) is 44.2 Å². The molecule has 50 heavy (non-hydrogen) atoms. The van der Waals surface area contributed by atoms with E-state index in [1.54, 1.807) is 26.2 Å². The van der Waals surface area contributed by atoms with E-state index in [-0.39, 0.29) is 65.8 Å². The highest BCUT2D eigenvalue weighted by Gasteiger charge is 2.50. The molecule has 0 saturated carbocycles. The number of ether oxygens (including phenoxy) is 6. The number of fused-ring (bicyclic) bond motifs is 2. The van der Waals surface area contributed by atoms with Crippen molar-refractivity contribution in [2.75, 3.05) is 33.9 Å². The van der Waals surface area contributed by atoms with Gasteiger partial charge in [0.15, 0.2) is 10.3 Å². The van der Waals surface area contributed by atoms with Crippen molar-refractivity contribution in [3.05, 3.63) is 25.3 Å². The molecule has 0 radical (unpaired) electrons. The second kappa shape index (κ2) is 18.1. The van der Waals surface area contributed by atoms with E-state index in [9.17, 15) is 14.7 Å². The zero-order valence-electron chi connectivity index (χ0n) is 31.5. The Morgan fingerprint density at radius 1 is 0.800 bits per heavy atom. The molecule has 4 heterocycles. The molecule has 15 heteroatoms. The van der Waals surface area contributed by atoms with Crippen LogP contribution in [-0.4, -0.2) is 130 Å². The number of hydrogen-bond donors (Lipinski definition) is 1. The second-order valence-corrected chi connectivity index (χ2v) is 16.8. The van der Waals surface area contributed by atoms with Crippen LogP contribution >= 0.6 is 23.5 Å². The highest BCUT2D eigenvalue weighted by Crippen LogP contribution is 2.42. The maximum absolute atomic E-state index is 12.3. The van der Waals surface area contributed by atoms with Crippen LogP contribution in [0.3, 0.4) is 0 Å². The molecule has 0 spiro atoms. The summed E-state index contributed by atoms with van der Waals surface area (Å²) < 4.78 is 34.9. The summed E-state index contributed by atoms with van der Waals surface area (Å²) in [5.74, 6) is 0.198. The Kier molecular flexibility index (Phi) is 15.3. The Hall–Kier alpha value is -2.14. The van der Waals surface area contributed by atoms with Crippen molar-refractivity contribution in [1.82, 2.24) is 9.80 Å². The number of aliphatic hydroxyl groups is 1. The smallest absolute Gasteiger partial charge is 0.416 e. The Morgan fingerprint density at radius 3 is 1.52 bits per heavy atom. The maximum atomic E-state index is 12.3. The molecular formula is C35H58N4O9S2. The van der Waals surface area contributed by atoms with E-state index in [0.29, 0.717) is 23.5 Å². The number of hydrogen-bond acceptors (Lipinski definition) is 13. The van der Waals surface area contributed by atoms with Crippen LogP contribution in [0.25, 0.3) is 0 Å². The molecule has 0 aromatic heterocycles. The fraction of sp³-hybridized carbons (Fsp3) is 0.771. The maximum Gasteiger partial charge on any atom is 0.416 e. The van der Waals surface area contributed by atoms with Crippen molar-refractivity contribution >= 4 is 46.0 Å². The predicted octanol–water partition coefficient (Wildman–Crippen LogP) is 5.92. The van der Waals surface area contributed by atoms with Crippen molar-refractivity contribution in [3.8, 4) is 0 Å². The van der Waals surface area contributed by atoms with Crippen LogP contribution in [-0.2, 0) is 28.4 Å². The fourth-order valence-corrected chi connectivity index (χ4v) is 8.13. The number of amides is 2. The molecule has 4 aliphatic heterocycles. The van der Waals surface area contributed by atoms with Gasteiger partial charge in [-0.3, -0.25) is 19.8 Å². The first kappa shape index (κ1) is 42.3. The van der Waals surface area contributed by atoms with Crippen LogP contribution in [0.15, 0.2) is 35.3 Å². The molecule has 0 aromatic rings. The molecule has 1 N–H and O–H groups in total. The average molecular weight is 743 g/mol. The van der Waals surface area contributed by atoms with Gasteiger partial charge in [-0.05, 0) is 48.0 Å². The lowest BCUT2D eigenvalue weighted by molar-refractivity contribution is -0.140. The summed E-state index contributed by atoms with van der Waals surface area (Å²) in [5.41, 5.74) is -1.57. The number of thioether (sulfide) groups is 2. The van der Waals surface area contributed by atoms with Gasteiger partial charge in [0.2, 0.25) is 0 Å². The summed E-state index contributed by atoms with van der Waals surface area (Å²) in [6.45, 7) is 25.4. The van der Waals surface area contributed by atoms with Crippen LogP contribution in [0.5, 0.6) is 0 Å². The monoisotopic (exact) mass is 742 g/mol. The molecule has 4 aliphatic rings. The molecule has 0 aromatic carbocycles. The summed E-state index contributed by atoms with van der Waals surface area (Å²) in [5, 5.41) is 10.7. The first-order chi connectivity index (χ1) is 23.3. The lowest BCUT2D eigenvalue weighted by atomic mass is 9.88. The topological polar surface area (TPSA) is 141 Å². The molecule has 13 nitrogen and oxygen atoms in total. The van der Waals surface area contributed by atoms with Crippen LogP contribution in [0, 0.1) is 11.8 Å². The van der Waals surface area contributed by atoms with Gasteiger partial charge >= 0.3 is 12.2 Å². The highest BCUT2D eigenvalue weighted by molar-refractivity contribution is 8.14. The quantitative estimate of drug-likeness (QED) is 0.297. The Bertz CT molecular complexity index is 1160. The van der Waals surface area contributed by atoms with E-state index in [2.05, 4.69) is 32.0 Å². The number of aliphatic hydroxyl groups excluding tert-OH is 1. The Balaban J connectivity index is 0.000000270. The zero-order valence-corrected chi connectivity index (χ0v) is 33.1. The van der Waals surface area contributed by atoms with Gasteiger partial charge in [-0.1, -0.05) is 56.4 Å². The van der Waals surface area contributed by atoms with E-state index in [1.807, 2.05) is 48.5 Å². The van der Waals surface area contributed by atoms with Crippen LogP contribution < -0.4 is 0 Å². The normalized spacial score (nSPS) is 31.9. The van der Waals surface area contributed by atoms with E-state index >= 15 is 0 Å². The molecule has 2 fully saturated rings. The number of carbonyl (C=O) groups is 2. The molecular weight excluding hydrogens is 685 g/mol. The molecule has 0 unspecified atom stereocenters. The van der Waals surface area contributed by atoms with Gasteiger partial charge in [-0.15, -0.1) is 13.2 Å². The summed E-state index contributed by atoms with van der Waals surface area (Å²) in [7, 11) is 3.31. The van der Waals surface area contributed by atoms with Crippen molar-refractivity contribution < 1.29 is 43.1 Å². The molecule has 0 bridgehead atoms. The summed E-state index contributed by atoms with van der Waals surface area (Å²) >= 11 is 2.81. The van der Waals surface area contributed by atoms with Crippen molar-refractivity contribution in [3.63, 3.8) is 0 Å². The van der Waals surface area contributed by atoms with Crippen LogP contribution in [0.1, 0.15) is 68.7 Å². The molecule has 10 atom stereocenters. The molecule has 2 amide bonds. The van der Waals surface area contributed by atoms with Gasteiger partial charge < -0.3 is 33.5 Å². The minimum absolute atomic E-state index is 0.0262. The Labute approximate surface area is 306 Å². The lowest BCUT2D eigenvalue weighted by Gasteiger charge is -2.41. The molecule has 0 aliphatic carbocycles. The Morgan fingerprint density at radius 2 is 1.18 bits per heavy atom. The summed E-state index contributed by atoms with van der Waals surface area (Å²) in [6.07, 6.45) is 2.98. The first-order valence-electron chi connectivity index (χ1n) is 17.1. The first-order valence-corrected chi connectivity index (χ1v) is 18.9. The van der Waals surface area contributed by atoms with Gasteiger partial charge in [0.1, 0.15) is 34.2 Å². The minimum atomic E-state index is -0.579. The SMILES string of the molecule is C=CCO[C@H]1[C@H](C)[C@@H](CC)O[C@@H]2SC(N(C)C(=O)OC(C)(C)C)=N[C@H]12.C=CCO[C@H]1[C@H](C)[C@@H](CO)O[C@@H]2SC(N(C)C(=O)OC(C)(C)C)=N[C@H]12. The van der Waals surface area contributed by atoms with Crippen LogP contribution in [0.2, 0.25) is 0 Å². The van der Waals surface area contributed by atoms with E-state index < -0.39 is 23.4 Å². The largest absolute Gasteiger partial charge is 0.443 e. The molecule has 4 rings (SSSR count).